The number of hydrogen-bond acceptors (Lipinski definition) is 8. The number of fused-ring (bicyclic) bond motifs is 4. The second-order valence-corrected chi connectivity index (χ2v) is 11.0. The fraction of sp³-hybridized carbons (Fsp3) is 0.257. The molecular weight excluding hydrogens is 550 g/mol. The number of para-hydroxylation sites is 4. The summed E-state index contributed by atoms with van der Waals surface area (Å²) >= 11 is 0. The third-order valence-corrected chi connectivity index (χ3v) is 7.76. The topological polar surface area (TPSA) is 122 Å². The lowest BCUT2D eigenvalue weighted by atomic mass is 10.0. The van der Waals surface area contributed by atoms with Crippen LogP contribution < -0.4 is 16.0 Å². The van der Waals surface area contributed by atoms with E-state index in [1.54, 1.807) is 6.07 Å². The number of rotatable bonds is 12. The number of ketones is 1. The van der Waals surface area contributed by atoms with E-state index in [9.17, 15) is 9.59 Å². The van der Waals surface area contributed by atoms with Crippen molar-refractivity contribution in [2.75, 3.05) is 32.7 Å². The van der Waals surface area contributed by atoms with Crippen LogP contribution in [0.25, 0.3) is 44.1 Å². The van der Waals surface area contributed by atoms with Gasteiger partial charge in [0.15, 0.2) is 5.78 Å². The van der Waals surface area contributed by atoms with Crippen LogP contribution in [-0.4, -0.2) is 64.4 Å². The maximum Gasteiger partial charge on any atom is 0.253 e. The maximum absolute atomic E-state index is 13.0. The fourth-order valence-corrected chi connectivity index (χ4v) is 5.42. The van der Waals surface area contributed by atoms with Gasteiger partial charge in [-0.25, -0.2) is 19.9 Å². The van der Waals surface area contributed by atoms with E-state index in [-0.39, 0.29) is 11.7 Å². The van der Waals surface area contributed by atoms with Gasteiger partial charge in [-0.3, -0.25) is 9.59 Å². The van der Waals surface area contributed by atoms with Crippen LogP contribution in [0.3, 0.4) is 0 Å². The van der Waals surface area contributed by atoms with E-state index >= 15 is 0 Å². The monoisotopic (exact) mass is 585 g/mol. The molecule has 0 bridgehead atoms. The lowest BCUT2D eigenvalue weighted by Gasteiger charge is -2.10. The number of Topliss-reactive ketones (excluding diaryl/α,β-unsaturated/α-hetero) is 1. The summed E-state index contributed by atoms with van der Waals surface area (Å²) < 4.78 is 0. The molecule has 4 aromatic carbocycles. The third-order valence-electron chi connectivity index (χ3n) is 7.76. The van der Waals surface area contributed by atoms with Gasteiger partial charge in [-0.15, -0.1) is 0 Å². The molecule has 0 aliphatic rings. The zero-order chi connectivity index (χ0) is 30.5. The highest BCUT2D eigenvalue weighted by Gasteiger charge is 2.15. The van der Waals surface area contributed by atoms with Gasteiger partial charge in [-0.2, -0.15) is 0 Å². The van der Waals surface area contributed by atoms with Crippen LogP contribution in [0.15, 0.2) is 72.8 Å². The van der Waals surface area contributed by atoms with Crippen molar-refractivity contribution >= 4 is 55.8 Å². The van der Waals surface area contributed by atoms with Gasteiger partial charge in [-0.1, -0.05) is 36.4 Å². The predicted octanol–water partition coefficient (Wildman–Crippen LogP) is 5.07. The minimum absolute atomic E-state index is 0.0778. The van der Waals surface area contributed by atoms with Gasteiger partial charge < -0.3 is 16.0 Å². The van der Waals surface area contributed by atoms with E-state index < -0.39 is 0 Å². The van der Waals surface area contributed by atoms with Crippen LogP contribution in [0.2, 0.25) is 0 Å². The van der Waals surface area contributed by atoms with Gasteiger partial charge in [0.25, 0.3) is 5.91 Å². The van der Waals surface area contributed by atoms with Crippen molar-refractivity contribution in [2.24, 2.45) is 0 Å². The van der Waals surface area contributed by atoms with Crippen LogP contribution in [0.1, 0.15) is 44.7 Å². The summed E-state index contributed by atoms with van der Waals surface area (Å²) in [5, 5.41) is 9.70. The van der Waals surface area contributed by atoms with Gasteiger partial charge in [0.05, 0.1) is 38.7 Å². The standard InChI is InChI=1S/C35H35N7O2/c1-22-8-3-12-26-31(22)41-33-24(10-5-14-28(33)39-26)30(43)16-7-17-36-18-19-37-20-21-38-35(44)25-11-6-15-29-34(25)42-32-23(2)9-4-13-27(32)40-29/h3-6,8-15,36-37H,7,16-21H2,1-2H3,(H,38,44). The number of nitrogens with zero attached hydrogens (tertiary/aromatic N) is 4. The lowest BCUT2D eigenvalue weighted by molar-refractivity contribution is 0.0953. The molecule has 0 saturated carbocycles. The van der Waals surface area contributed by atoms with Crippen molar-refractivity contribution in [1.82, 2.24) is 35.9 Å². The zero-order valence-corrected chi connectivity index (χ0v) is 25.0. The van der Waals surface area contributed by atoms with Gasteiger partial charge in [-0.05, 0) is 74.3 Å². The smallest absolute Gasteiger partial charge is 0.253 e. The van der Waals surface area contributed by atoms with Gasteiger partial charge in [0, 0.05) is 38.2 Å². The number of nitrogens with one attached hydrogen (secondary N) is 3. The summed E-state index contributed by atoms with van der Waals surface area (Å²) in [4.78, 5) is 45.0. The van der Waals surface area contributed by atoms with Crippen molar-refractivity contribution < 1.29 is 9.59 Å². The highest BCUT2D eigenvalue weighted by atomic mass is 16.1. The highest BCUT2D eigenvalue weighted by Crippen LogP contribution is 2.23. The Kier molecular flexibility index (Phi) is 8.76. The molecule has 222 valence electrons. The Labute approximate surface area is 255 Å². The molecular formula is C35H35N7O2. The van der Waals surface area contributed by atoms with Crippen LogP contribution in [0, 0.1) is 13.8 Å². The van der Waals surface area contributed by atoms with Crippen molar-refractivity contribution in [3.05, 3.63) is 95.1 Å². The molecule has 0 fully saturated rings. The van der Waals surface area contributed by atoms with E-state index in [0.29, 0.717) is 47.2 Å². The summed E-state index contributed by atoms with van der Waals surface area (Å²) in [5.74, 6) is -0.0862. The lowest BCUT2D eigenvalue weighted by Crippen LogP contribution is -2.35. The van der Waals surface area contributed by atoms with E-state index in [0.717, 1.165) is 64.8 Å². The fourth-order valence-electron chi connectivity index (χ4n) is 5.42. The molecule has 1 amide bonds. The Balaban J connectivity index is 0.917. The Morgan fingerprint density at radius 1 is 0.545 bits per heavy atom. The first-order valence-electron chi connectivity index (χ1n) is 15.0. The number of benzene rings is 4. The van der Waals surface area contributed by atoms with Crippen molar-refractivity contribution in [2.45, 2.75) is 26.7 Å². The number of aryl methyl sites for hydroxylation is 2. The quantitative estimate of drug-likeness (QED) is 0.103. The minimum atomic E-state index is -0.164. The van der Waals surface area contributed by atoms with E-state index in [4.69, 9.17) is 19.9 Å². The molecule has 0 saturated heterocycles. The van der Waals surface area contributed by atoms with Gasteiger partial charge in [0.2, 0.25) is 0 Å². The molecule has 0 aliphatic carbocycles. The molecule has 0 atom stereocenters. The first-order valence-corrected chi connectivity index (χ1v) is 15.0. The van der Waals surface area contributed by atoms with E-state index in [1.807, 2.05) is 80.6 Å². The van der Waals surface area contributed by atoms with Crippen molar-refractivity contribution in [3.8, 4) is 0 Å². The second kappa shape index (κ2) is 13.2. The minimum Gasteiger partial charge on any atom is -0.351 e. The molecule has 3 N–H and O–H groups in total. The molecule has 0 unspecified atom stereocenters. The van der Waals surface area contributed by atoms with Crippen molar-refractivity contribution in [3.63, 3.8) is 0 Å². The predicted molar refractivity (Wildman–Crippen MR) is 175 cm³/mol. The summed E-state index contributed by atoms with van der Waals surface area (Å²) in [6, 6.07) is 22.9. The van der Waals surface area contributed by atoms with E-state index in [2.05, 4.69) is 16.0 Å². The molecule has 6 aromatic rings. The molecule has 9 heteroatoms. The second-order valence-electron chi connectivity index (χ2n) is 11.0. The first kappa shape index (κ1) is 29.2. The molecule has 9 nitrogen and oxygen atoms in total. The number of aromatic nitrogens is 4. The molecule has 2 aromatic heterocycles. The number of carbonyl (C=O) groups is 2. The Morgan fingerprint density at radius 3 is 1.64 bits per heavy atom. The summed E-state index contributed by atoms with van der Waals surface area (Å²) in [7, 11) is 0. The average Bonchev–Trinajstić information content (AvgIpc) is 3.03. The average molecular weight is 586 g/mol. The summed E-state index contributed by atoms with van der Waals surface area (Å²) in [5.41, 5.74) is 9.25. The van der Waals surface area contributed by atoms with Gasteiger partial charge >= 0.3 is 0 Å². The summed E-state index contributed by atoms with van der Waals surface area (Å²) in [6.07, 6.45) is 1.17. The Morgan fingerprint density at radius 2 is 1.02 bits per heavy atom. The molecule has 6 rings (SSSR count). The van der Waals surface area contributed by atoms with Crippen LogP contribution in [-0.2, 0) is 0 Å². The normalized spacial score (nSPS) is 11.5. The highest BCUT2D eigenvalue weighted by molar-refractivity contribution is 6.07. The Hall–Kier alpha value is -4.86. The maximum atomic E-state index is 13.0. The van der Waals surface area contributed by atoms with Crippen molar-refractivity contribution in [1.29, 1.82) is 0 Å². The molecule has 44 heavy (non-hydrogen) atoms. The zero-order valence-electron chi connectivity index (χ0n) is 25.0. The Bertz CT molecular complexity index is 1860. The molecule has 2 heterocycles. The summed E-state index contributed by atoms with van der Waals surface area (Å²) in [6.45, 7) is 7.38. The third kappa shape index (κ3) is 6.24. The largest absolute Gasteiger partial charge is 0.351 e. The van der Waals surface area contributed by atoms with Crippen LogP contribution >= 0.6 is 0 Å². The first-order chi connectivity index (χ1) is 21.5. The SMILES string of the molecule is Cc1cccc2nc3cccc(C(=O)CCCNCCNCCNC(=O)c4cccc5nc6cccc(C)c6nc45)c3nc12. The number of hydrogen-bond donors (Lipinski definition) is 3. The van der Waals surface area contributed by atoms with Crippen LogP contribution in [0.5, 0.6) is 0 Å². The van der Waals surface area contributed by atoms with E-state index in [1.165, 1.54) is 0 Å². The molecule has 0 radical (unpaired) electrons. The molecule has 0 spiro atoms. The van der Waals surface area contributed by atoms with Crippen LogP contribution in [0.4, 0.5) is 0 Å². The number of amides is 1. The number of carbonyl (C=O) groups excluding carboxylic acids is 2. The molecule has 0 aliphatic heterocycles. The van der Waals surface area contributed by atoms with Gasteiger partial charge in [0.1, 0.15) is 11.0 Å².